The predicted molar refractivity (Wildman–Crippen MR) is 101 cm³/mol. The molecule has 1 aliphatic heterocycles. The Bertz CT molecular complexity index is 1060. The topological polar surface area (TPSA) is 75.7 Å². The second-order valence-corrected chi connectivity index (χ2v) is 6.02. The molecule has 4 amide bonds. The standard InChI is InChI=1S/C20H12ClFN2O4/c1-2-9-28-17-8-7-13(21)10-12(17)11-14-18(25)23-20(27)24(19(14)26)16-6-4-3-5-15(16)22/h1,3-8,10-11H,9H2,(H,23,25,27)/b14-11-. The van der Waals surface area contributed by atoms with Gasteiger partial charge in [-0.3, -0.25) is 14.9 Å². The highest BCUT2D eigenvalue weighted by molar-refractivity contribution is 6.39. The summed E-state index contributed by atoms with van der Waals surface area (Å²) in [6, 6.07) is 8.71. The van der Waals surface area contributed by atoms with Crippen LogP contribution in [0.2, 0.25) is 5.02 Å². The van der Waals surface area contributed by atoms with Crippen molar-refractivity contribution in [1.29, 1.82) is 0 Å². The lowest BCUT2D eigenvalue weighted by molar-refractivity contribution is -0.122. The summed E-state index contributed by atoms with van der Waals surface area (Å²) in [4.78, 5) is 37.8. The molecule has 3 rings (SSSR count). The fourth-order valence-electron chi connectivity index (χ4n) is 2.55. The van der Waals surface area contributed by atoms with Crippen LogP contribution in [0.3, 0.4) is 0 Å². The minimum atomic E-state index is -1.05. The Balaban J connectivity index is 2.07. The Hall–Kier alpha value is -3.63. The highest BCUT2D eigenvalue weighted by atomic mass is 35.5. The molecule has 1 heterocycles. The maximum absolute atomic E-state index is 14.1. The van der Waals surface area contributed by atoms with Crippen LogP contribution in [0.25, 0.3) is 6.08 Å². The molecule has 8 heteroatoms. The van der Waals surface area contributed by atoms with Gasteiger partial charge in [-0.05, 0) is 36.4 Å². The number of anilines is 1. The summed E-state index contributed by atoms with van der Waals surface area (Å²) in [5, 5.41) is 2.34. The molecule has 0 aliphatic carbocycles. The normalized spacial score (nSPS) is 15.4. The molecular formula is C20H12ClFN2O4. The summed E-state index contributed by atoms with van der Waals surface area (Å²) in [6.07, 6.45) is 6.39. The second-order valence-electron chi connectivity index (χ2n) is 5.58. The van der Waals surface area contributed by atoms with Crippen LogP contribution in [0, 0.1) is 18.2 Å². The van der Waals surface area contributed by atoms with Crippen LogP contribution < -0.4 is 15.0 Å². The molecule has 1 N–H and O–H groups in total. The molecule has 1 saturated heterocycles. The minimum absolute atomic E-state index is 0.0439. The molecule has 0 aromatic heterocycles. The van der Waals surface area contributed by atoms with Gasteiger partial charge in [-0.25, -0.2) is 14.1 Å². The van der Waals surface area contributed by atoms with E-state index in [9.17, 15) is 18.8 Å². The molecule has 2 aromatic rings. The van der Waals surface area contributed by atoms with Gasteiger partial charge in [0.1, 0.15) is 23.7 Å². The van der Waals surface area contributed by atoms with Gasteiger partial charge in [0.2, 0.25) is 0 Å². The minimum Gasteiger partial charge on any atom is -0.480 e. The molecule has 1 fully saturated rings. The molecule has 0 spiro atoms. The summed E-state index contributed by atoms with van der Waals surface area (Å²) in [5.41, 5.74) is -0.377. The number of barbiturate groups is 1. The molecule has 1 aliphatic rings. The number of urea groups is 1. The SMILES string of the molecule is C#CCOc1ccc(Cl)cc1/C=C1/C(=O)NC(=O)N(c2ccccc2F)C1=O. The Morgan fingerprint density at radius 1 is 1.21 bits per heavy atom. The van der Waals surface area contributed by atoms with Gasteiger partial charge in [-0.2, -0.15) is 0 Å². The maximum Gasteiger partial charge on any atom is 0.336 e. The number of amides is 4. The molecule has 0 atom stereocenters. The number of terminal acetylenes is 1. The van der Waals surface area contributed by atoms with Crippen LogP contribution in [0.15, 0.2) is 48.0 Å². The number of carbonyl (C=O) groups is 3. The van der Waals surface area contributed by atoms with Crippen molar-refractivity contribution in [2.45, 2.75) is 0 Å². The van der Waals surface area contributed by atoms with E-state index in [1.807, 2.05) is 5.32 Å². The van der Waals surface area contributed by atoms with Gasteiger partial charge < -0.3 is 4.74 Å². The van der Waals surface area contributed by atoms with Gasteiger partial charge in [0.05, 0.1) is 5.69 Å². The first-order chi connectivity index (χ1) is 13.4. The molecule has 0 unspecified atom stereocenters. The fourth-order valence-corrected chi connectivity index (χ4v) is 2.73. The Morgan fingerprint density at radius 2 is 1.96 bits per heavy atom. The first kappa shape index (κ1) is 19.1. The van der Waals surface area contributed by atoms with Crippen molar-refractivity contribution in [3.8, 4) is 18.1 Å². The molecule has 0 saturated carbocycles. The quantitative estimate of drug-likeness (QED) is 0.487. The predicted octanol–water partition coefficient (Wildman–Crippen LogP) is 3.16. The molecule has 0 bridgehead atoms. The number of rotatable bonds is 4. The van der Waals surface area contributed by atoms with Crippen LogP contribution >= 0.6 is 11.6 Å². The molecular weight excluding hydrogens is 387 g/mol. The van der Waals surface area contributed by atoms with E-state index in [0.717, 1.165) is 6.07 Å². The molecule has 28 heavy (non-hydrogen) atoms. The van der Waals surface area contributed by atoms with Crippen LogP contribution in [0.5, 0.6) is 5.75 Å². The zero-order valence-corrected chi connectivity index (χ0v) is 15.0. The van der Waals surface area contributed by atoms with Crippen LogP contribution in [0.1, 0.15) is 5.56 Å². The number of carbonyl (C=O) groups excluding carboxylic acids is 3. The first-order valence-corrected chi connectivity index (χ1v) is 8.32. The molecule has 0 radical (unpaired) electrons. The van der Waals surface area contributed by atoms with Crippen molar-refractivity contribution >= 4 is 41.2 Å². The number of ether oxygens (including phenoxy) is 1. The molecule has 2 aromatic carbocycles. The highest BCUT2D eigenvalue weighted by Gasteiger charge is 2.38. The zero-order valence-electron chi connectivity index (χ0n) is 14.2. The van der Waals surface area contributed by atoms with E-state index in [0.29, 0.717) is 15.5 Å². The number of nitrogens with one attached hydrogen (secondary N) is 1. The van der Waals surface area contributed by atoms with Gasteiger partial charge in [0.15, 0.2) is 0 Å². The fraction of sp³-hybridized carbons (Fsp3) is 0.0500. The first-order valence-electron chi connectivity index (χ1n) is 7.94. The van der Waals surface area contributed by atoms with E-state index in [-0.39, 0.29) is 18.0 Å². The number of imide groups is 2. The summed E-state index contributed by atoms with van der Waals surface area (Å²) in [7, 11) is 0. The van der Waals surface area contributed by atoms with Crippen LogP contribution in [-0.4, -0.2) is 24.5 Å². The van der Waals surface area contributed by atoms with E-state index >= 15 is 0 Å². The zero-order chi connectivity index (χ0) is 20.3. The van der Waals surface area contributed by atoms with E-state index in [2.05, 4.69) is 5.92 Å². The van der Waals surface area contributed by atoms with Crippen molar-refractivity contribution in [2.75, 3.05) is 11.5 Å². The highest BCUT2D eigenvalue weighted by Crippen LogP contribution is 2.28. The van der Waals surface area contributed by atoms with Crippen molar-refractivity contribution in [3.63, 3.8) is 0 Å². The van der Waals surface area contributed by atoms with Gasteiger partial charge in [0, 0.05) is 10.6 Å². The van der Waals surface area contributed by atoms with E-state index in [4.69, 9.17) is 22.8 Å². The van der Waals surface area contributed by atoms with Gasteiger partial charge in [0.25, 0.3) is 11.8 Å². The number of halogens is 2. The Kier molecular flexibility index (Phi) is 5.43. The summed E-state index contributed by atoms with van der Waals surface area (Å²) in [6.45, 7) is -0.0439. The summed E-state index contributed by atoms with van der Waals surface area (Å²) < 4.78 is 19.5. The largest absolute Gasteiger partial charge is 0.480 e. The Labute approximate surface area is 164 Å². The number of hydrogen-bond donors (Lipinski definition) is 1. The number of nitrogens with zero attached hydrogens (tertiary/aromatic N) is 1. The van der Waals surface area contributed by atoms with Crippen LogP contribution in [-0.2, 0) is 9.59 Å². The third kappa shape index (κ3) is 3.72. The van der Waals surface area contributed by atoms with Crippen molar-refractivity contribution < 1.29 is 23.5 Å². The average Bonchev–Trinajstić information content (AvgIpc) is 2.66. The van der Waals surface area contributed by atoms with Gasteiger partial charge in [-0.15, -0.1) is 6.42 Å². The van der Waals surface area contributed by atoms with E-state index in [1.54, 1.807) is 6.07 Å². The van der Waals surface area contributed by atoms with Gasteiger partial charge >= 0.3 is 6.03 Å². The third-order valence-corrected chi connectivity index (χ3v) is 4.01. The number of benzene rings is 2. The lowest BCUT2D eigenvalue weighted by atomic mass is 10.1. The van der Waals surface area contributed by atoms with Crippen LogP contribution in [0.4, 0.5) is 14.9 Å². The third-order valence-electron chi connectivity index (χ3n) is 3.78. The van der Waals surface area contributed by atoms with Crippen molar-refractivity contribution in [3.05, 3.63) is 64.4 Å². The maximum atomic E-state index is 14.1. The molecule has 6 nitrogen and oxygen atoms in total. The van der Waals surface area contributed by atoms with Crippen molar-refractivity contribution in [2.24, 2.45) is 0 Å². The second kappa shape index (κ2) is 7.94. The lowest BCUT2D eigenvalue weighted by Gasteiger charge is -2.26. The molecule has 140 valence electrons. The van der Waals surface area contributed by atoms with Crippen molar-refractivity contribution in [1.82, 2.24) is 5.32 Å². The summed E-state index contributed by atoms with van der Waals surface area (Å²) in [5.74, 6) is -0.116. The lowest BCUT2D eigenvalue weighted by Crippen LogP contribution is -2.54. The Morgan fingerprint density at radius 3 is 2.68 bits per heavy atom. The monoisotopic (exact) mass is 398 g/mol. The number of hydrogen-bond acceptors (Lipinski definition) is 4. The van der Waals surface area contributed by atoms with E-state index < -0.39 is 29.2 Å². The summed E-state index contributed by atoms with van der Waals surface area (Å²) >= 11 is 5.99. The average molecular weight is 399 g/mol. The number of para-hydroxylation sites is 1. The smallest absolute Gasteiger partial charge is 0.336 e. The van der Waals surface area contributed by atoms with Gasteiger partial charge in [-0.1, -0.05) is 29.7 Å². The van der Waals surface area contributed by atoms with E-state index in [1.165, 1.54) is 36.4 Å².